The van der Waals surface area contributed by atoms with E-state index < -0.39 is 24.0 Å². The van der Waals surface area contributed by atoms with Crippen molar-refractivity contribution < 1.29 is 24.2 Å². The number of rotatable bonds is 12. The molecule has 1 aliphatic rings. The Kier molecular flexibility index (Phi) is 10.0. The molecule has 0 aliphatic carbocycles. The number of thiophene rings is 1. The molecular formula is C29H30N2O5S2. The van der Waals surface area contributed by atoms with Crippen molar-refractivity contribution in [2.24, 2.45) is 0 Å². The summed E-state index contributed by atoms with van der Waals surface area (Å²) in [5, 5.41) is 19.4. The van der Waals surface area contributed by atoms with Crippen LogP contribution in [0.15, 0.2) is 83.6 Å². The molecule has 3 atom stereocenters. The van der Waals surface area contributed by atoms with Crippen LogP contribution in [0.1, 0.15) is 28.8 Å². The SMILES string of the molecule is O=C(Cc1cccs1)N[C@@H](CC1CC=CS1)C(=O)N[C@@H](Cc1ccc(O)cc1)C(=O)OCc1ccccc1. The van der Waals surface area contributed by atoms with E-state index in [1.807, 2.05) is 59.3 Å². The second-order valence-corrected chi connectivity index (χ2v) is 11.2. The Morgan fingerprint density at radius 3 is 2.42 bits per heavy atom. The summed E-state index contributed by atoms with van der Waals surface area (Å²) in [6, 6.07) is 17.7. The normalized spacial score (nSPS) is 15.9. The predicted molar refractivity (Wildman–Crippen MR) is 150 cm³/mol. The minimum absolute atomic E-state index is 0.0764. The van der Waals surface area contributed by atoms with E-state index in [9.17, 15) is 19.5 Å². The van der Waals surface area contributed by atoms with Crippen LogP contribution in [-0.4, -0.2) is 40.2 Å². The van der Waals surface area contributed by atoms with Crippen LogP contribution < -0.4 is 10.6 Å². The second kappa shape index (κ2) is 13.8. The number of esters is 1. The van der Waals surface area contributed by atoms with Crippen LogP contribution in [0.4, 0.5) is 0 Å². The monoisotopic (exact) mass is 550 g/mol. The lowest BCUT2D eigenvalue weighted by molar-refractivity contribution is -0.149. The average molecular weight is 551 g/mol. The Labute approximate surface area is 230 Å². The molecular weight excluding hydrogens is 520 g/mol. The second-order valence-electron chi connectivity index (χ2n) is 9.00. The highest BCUT2D eigenvalue weighted by Gasteiger charge is 2.30. The first-order valence-electron chi connectivity index (χ1n) is 12.4. The van der Waals surface area contributed by atoms with Crippen molar-refractivity contribution in [2.45, 2.75) is 49.6 Å². The molecule has 0 saturated carbocycles. The summed E-state index contributed by atoms with van der Waals surface area (Å²) in [6.45, 7) is 0.0764. The number of hydrogen-bond donors (Lipinski definition) is 3. The summed E-state index contributed by atoms with van der Waals surface area (Å²) in [5.74, 6) is -1.14. The van der Waals surface area contributed by atoms with Crippen LogP contribution >= 0.6 is 23.1 Å². The third kappa shape index (κ3) is 8.49. The van der Waals surface area contributed by atoms with Crippen LogP contribution in [0.2, 0.25) is 0 Å². The number of benzene rings is 2. The Balaban J connectivity index is 1.46. The highest BCUT2D eigenvalue weighted by atomic mass is 32.2. The summed E-state index contributed by atoms with van der Waals surface area (Å²) in [7, 11) is 0. The van der Waals surface area contributed by atoms with Crippen molar-refractivity contribution in [1.29, 1.82) is 0 Å². The van der Waals surface area contributed by atoms with E-state index >= 15 is 0 Å². The Morgan fingerprint density at radius 2 is 1.74 bits per heavy atom. The van der Waals surface area contributed by atoms with Gasteiger partial charge in [0.25, 0.3) is 0 Å². The molecule has 2 amide bonds. The number of phenolic OH excluding ortho intramolecular Hbond substituents is 1. The maximum absolute atomic E-state index is 13.5. The standard InChI is InChI=1S/C29H30N2O5S2/c32-22-12-10-20(11-13-22)16-26(29(35)36-19-21-6-2-1-3-7-21)31-28(34)25(17-23-8-4-14-37-23)30-27(33)18-24-9-5-15-38-24/h1-7,9-15,23,25-26,32H,8,16-19H2,(H,30,33)(H,31,34)/t23?,25-,26-/m0/s1. The number of hydrogen-bond acceptors (Lipinski definition) is 7. The van der Waals surface area contributed by atoms with Crippen LogP contribution in [-0.2, 0) is 38.6 Å². The number of thioether (sulfide) groups is 1. The van der Waals surface area contributed by atoms with E-state index in [4.69, 9.17) is 4.74 Å². The molecule has 0 bridgehead atoms. The van der Waals surface area contributed by atoms with E-state index in [0.717, 1.165) is 22.4 Å². The summed E-state index contributed by atoms with van der Waals surface area (Å²) in [4.78, 5) is 40.3. The van der Waals surface area contributed by atoms with Crippen molar-refractivity contribution in [3.8, 4) is 5.75 Å². The number of amides is 2. The first-order valence-corrected chi connectivity index (χ1v) is 14.2. The molecule has 9 heteroatoms. The van der Waals surface area contributed by atoms with Gasteiger partial charge >= 0.3 is 5.97 Å². The zero-order valence-corrected chi connectivity index (χ0v) is 22.4. The fourth-order valence-electron chi connectivity index (χ4n) is 4.06. The first-order chi connectivity index (χ1) is 18.5. The molecule has 0 fully saturated rings. The molecule has 0 radical (unpaired) electrons. The van der Waals surface area contributed by atoms with Crippen molar-refractivity contribution in [3.05, 3.63) is 99.6 Å². The van der Waals surface area contributed by atoms with Crippen molar-refractivity contribution in [1.82, 2.24) is 10.6 Å². The van der Waals surface area contributed by atoms with E-state index in [2.05, 4.69) is 10.6 Å². The molecule has 3 aromatic rings. The largest absolute Gasteiger partial charge is 0.508 e. The third-order valence-corrected chi connectivity index (χ3v) is 8.03. The quantitative estimate of drug-likeness (QED) is 0.290. The molecule has 4 rings (SSSR count). The van der Waals surface area contributed by atoms with E-state index in [-0.39, 0.29) is 36.4 Å². The number of nitrogens with one attached hydrogen (secondary N) is 2. The summed E-state index contributed by atoms with van der Waals surface area (Å²) in [6.07, 6.45) is 3.66. The minimum atomic E-state index is -0.971. The number of aromatic hydroxyl groups is 1. The van der Waals surface area contributed by atoms with Gasteiger partial charge in [-0.05, 0) is 53.0 Å². The Morgan fingerprint density at radius 1 is 0.947 bits per heavy atom. The lowest BCUT2D eigenvalue weighted by Gasteiger charge is -2.24. The topological polar surface area (TPSA) is 105 Å². The predicted octanol–water partition coefficient (Wildman–Crippen LogP) is 4.36. The van der Waals surface area contributed by atoms with Gasteiger partial charge in [0.2, 0.25) is 11.8 Å². The molecule has 38 heavy (non-hydrogen) atoms. The number of carbonyl (C=O) groups is 3. The van der Waals surface area contributed by atoms with E-state index in [0.29, 0.717) is 6.42 Å². The maximum Gasteiger partial charge on any atom is 0.329 e. The van der Waals surface area contributed by atoms with Gasteiger partial charge in [0.15, 0.2) is 0 Å². The van der Waals surface area contributed by atoms with E-state index in [1.165, 1.54) is 23.5 Å². The summed E-state index contributed by atoms with van der Waals surface area (Å²) in [5.41, 5.74) is 1.58. The van der Waals surface area contributed by atoms with Crippen LogP contribution in [0, 0.1) is 0 Å². The molecule has 3 N–H and O–H groups in total. The minimum Gasteiger partial charge on any atom is -0.508 e. The Bertz CT molecular complexity index is 1220. The number of ether oxygens (including phenoxy) is 1. The molecule has 198 valence electrons. The summed E-state index contributed by atoms with van der Waals surface area (Å²) >= 11 is 3.12. The Hall–Kier alpha value is -3.56. The summed E-state index contributed by atoms with van der Waals surface area (Å²) < 4.78 is 5.55. The zero-order chi connectivity index (χ0) is 26.7. The fourth-order valence-corrected chi connectivity index (χ4v) is 5.73. The van der Waals surface area contributed by atoms with Gasteiger partial charge < -0.3 is 20.5 Å². The van der Waals surface area contributed by atoms with Gasteiger partial charge in [-0.3, -0.25) is 9.59 Å². The van der Waals surface area contributed by atoms with Crippen molar-refractivity contribution in [3.63, 3.8) is 0 Å². The van der Waals surface area contributed by atoms with Crippen molar-refractivity contribution in [2.75, 3.05) is 0 Å². The number of phenols is 1. The average Bonchev–Trinajstić information content (AvgIpc) is 3.63. The molecule has 7 nitrogen and oxygen atoms in total. The smallest absolute Gasteiger partial charge is 0.329 e. The third-order valence-electron chi connectivity index (χ3n) is 6.03. The molecule has 2 heterocycles. The number of carbonyl (C=O) groups excluding carboxylic acids is 3. The lowest BCUT2D eigenvalue weighted by Crippen LogP contribution is -2.53. The van der Waals surface area contributed by atoms with Gasteiger partial charge in [0, 0.05) is 16.5 Å². The maximum atomic E-state index is 13.5. The van der Waals surface area contributed by atoms with Gasteiger partial charge in [0.05, 0.1) is 6.42 Å². The molecule has 1 aromatic heterocycles. The highest BCUT2D eigenvalue weighted by molar-refractivity contribution is 8.03. The lowest BCUT2D eigenvalue weighted by atomic mass is 10.0. The van der Waals surface area contributed by atoms with Gasteiger partial charge in [-0.2, -0.15) is 0 Å². The van der Waals surface area contributed by atoms with Crippen LogP contribution in [0.3, 0.4) is 0 Å². The van der Waals surface area contributed by atoms with E-state index in [1.54, 1.807) is 23.9 Å². The van der Waals surface area contributed by atoms with Gasteiger partial charge in [-0.15, -0.1) is 23.1 Å². The molecule has 1 aliphatic heterocycles. The molecule has 2 aromatic carbocycles. The number of allylic oxidation sites excluding steroid dienone is 1. The van der Waals surface area contributed by atoms with Crippen LogP contribution in [0.25, 0.3) is 0 Å². The van der Waals surface area contributed by atoms with Gasteiger partial charge in [0.1, 0.15) is 24.4 Å². The van der Waals surface area contributed by atoms with Crippen LogP contribution in [0.5, 0.6) is 5.75 Å². The van der Waals surface area contributed by atoms with Gasteiger partial charge in [-0.25, -0.2) is 4.79 Å². The zero-order valence-electron chi connectivity index (χ0n) is 20.7. The van der Waals surface area contributed by atoms with Crippen molar-refractivity contribution >= 4 is 40.9 Å². The molecule has 0 saturated heterocycles. The molecule has 1 unspecified atom stereocenters. The highest BCUT2D eigenvalue weighted by Crippen LogP contribution is 2.28. The fraction of sp³-hybridized carbons (Fsp3) is 0.276. The van der Waals surface area contributed by atoms with Gasteiger partial charge in [-0.1, -0.05) is 54.6 Å². The first kappa shape index (κ1) is 27.5. The molecule has 0 spiro atoms.